The van der Waals surface area contributed by atoms with E-state index in [2.05, 4.69) is 254 Å². The summed E-state index contributed by atoms with van der Waals surface area (Å²) in [7, 11) is 0. The lowest BCUT2D eigenvalue weighted by molar-refractivity contribution is 0.793. The monoisotopic (exact) mass is 816 g/mol. The minimum atomic E-state index is -0.486. The Hall–Kier alpha value is -8.20. The number of allylic oxidation sites excluding steroid dienone is 5. The second-order valence-electron chi connectivity index (χ2n) is 16.8. The predicted octanol–water partition coefficient (Wildman–Crippen LogP) is 16.4. The predicted molar refractivity (Wildman–Crippen MR) is 270 cm³/mol. The highest BCUT2D eigenvalue weighted by molar-refractivity contribution is 6.11. The van der Waals surface area contributed by atoms with Gasteiger partial charge in [-0.3, -0.25) is 0 Å². The van der Waals surface area contributed by atoms with Crippen LogP contribution in [-0.2, 0) is 5.41 Å². The molecule has 10 aromatic rings. The molecule has 0 N–H and O–H groups in total. The molecule has 0 fully saturated rings. The van der Waals surface area contributed by atoms with Crippen LogP contribution in [0.15, 0.2) is 243 Å². The number of anilines is 3. The Morgan fingerprint density at radius 2 is 1.03 bits per heavy atom. The summed E-state index contributed by atoms with van der Waals surface area (Å²) >= 11 is 0. The van der Waals surface area contributed by atoms with Gasteiger partial charge in [-0.15, -0.1) is 0 Å². The maximum atomic E-state index is 4.10. The first-order valence-corrected chi connectivity index (χ1v) is 22.2. The molecule has 0 saturated heterocycles. The van der Waals surface area contributed by atoms with Crippen molar-refractivity contribution < 1.29 is 0 Å². The first-order valence-electron chi connectivity index (χ1n) is 22.2. The summed E-state index contributed by atoms with van der Waals surface area (Å²) < 4.78 is 2.42. The Morgan fingerprint density at radius 3 is 1.70 bits per heavy atom. The zero-order valence-electron chi connectivity index (χ0n) is 35.6. The van der Waals surface area contributed by atoms with E-state index in [1.54, 1.807) is 0 Å². The fraction of sp³-hybridized carbons (Fsp3) is 0.0323. The smallest absolute Gasteiger partial charge is 0.0726 e. The number of aromatic nitrogens is 1. The third-order valence-corrected chi connectivity index (χ3v) is 13.5. The van der Waals surface area contributed by atoms with Crippen LogP contribution in [-0.4, -0.2) is 4.57 Å². The molecule has 2 heteroatoms. The van der Waals surface area contributed by atoms with Gasteiger partial charge in [-0.25, -0.2) is 0 Å². The zero-order valence-corrected chi connectivity index (χ0v) is 35.6. The quantitative estimate of drug-likeness (QED) is 0.139. The molecule has 2 aliphatic carbocycles. The molecule has 0 aliphatic heterocycles. The molecule has 1 heterocycles. The Bertz CT molecular complexity index is 3470. The second kappa shape index (κ2) is 15.0. The van der Waals surface area contributed by atoms with E-state index in [1.807, 2.05) is 6.08 Å². The van der Waals surface area contributed by atoms with E-state index in [0.717, 1.165) is 50.5 Å². The average molecular weight is 817 g/mol. The van der Waals surface area contributed by atoms with E-state index < -0.39 is 5.41 Å². The third kappa shape index (κ3) is 5.52. The summed E-state index contributed by atoms with van der Waals surface area (Å²) in [6.07, 6.45) is 8.25. The maximum absolute atomic E-state index is 4.10. The molecule has 12 rings (SSSR count). The van der Waals surface area contributed by atoms with Crippen LogP contribution in [0.1, 0.15) is 34.7 Å². The van der Waals surface area contributed by atoms with Crippen LogP contribution >= 0.6 is 0 Å². The molecular formula is C62H44N2. The number of benzene rings is 9. The van der Waals surface area contributed by atoms with Gasteiger partial charge in [-0.1, -0.05) is 195 Å². The van der Waals surface area contributed by atoms with Crippen molar-refractivity contribution in [1.29, 1.82) is 0 Å². The molecule has 0 unspecified atom stereocenters. The van der Waals surface area contributed by atoms with Crippen LogP contribution in [0.5, 0.6) is 0 Å². The molecule has 0 amide bonds. The second-order valence-corrected chi connectivity index (χ2v) is 16.8. The summed E-state index contributed by atoms with van der Waals surface area (Å²) in [5, 5.41) is 2.44. The minimum Gasteiger partial charge on any atom is -0.310 e. The molecular weight excluding hydrogens is 773 g/mol. The van der Waals surface area contributed by atoms with Crippen LogP contribution in [0, 0.1) is 0 Å². The van der Waals surface area contributed by atoms with Crippen molar-refractivity contribution in [2.24, 2.45) is 0 Å². The van der Waals surface area contributed by atoms with Gasteiger partial charge in [-0.05, 0) is 117 Å². The normalized spacial score (nSPS) is 13.3. The summed E-state index contributed by atoms with van der Waals surface area (Å²) in [6, 6.07) is 78.6. The molecule has 0 radical (unpaired) electrons. The largest absolute Gasteiger partial charge is 0.310 e. The molecule has 2 nitrogen and oxygen atoms in total. The number of fused-ring (bicyclic) bond motifs is 13. The SMILES string of the molecule is C=C/C=C(\C=C/C)c1ccc(-c2ccccc2)c(N(c2ccc3c(c2)C2(c4ccccc4-c4ccccc42)c2ccccc2-3)c2ccc3c4ccccc4n(-c4ccccc4)c3c2)c1. The first-order chi connectivity index (χ1) is 31.7. The number of hydrogen-bond acceptors (Lipinski definition) is 1. The summed E-state index contributed by atoms with van der Waals surface area (Å²) in [4.78, 5) is 2.50. The van der Waals surface area contributed by atoms with Crippen LogP contribution in [0.2, 0.25) is 0 Å². The van der Waals surface area contributed by atoms with Crippen molar-refractivity contribution in [3.05, 3.63) is 271 Å². The molecule has 0 saturated carbocycles. The van der Waals surface area contributed by atoms with Gasteiger partial charge in [0.25, 0.3) is 0 Å². The van der Waals surface area contributed by atoms with Crippen molar-refractivity contribution >= 4 is 44.4 Å². The lowest BCUT2D eigenvalue weighted by Gasteiger charge is -2.33. The highest BCUT2D eigenvalue weighted by Crippen LogP contribution is 2.63. The van der Waals surface area contributed by atoms with Gasteiger partial charge in [0.2, 0.25) is 0 Å². The molecule has 64 heavy (non-hydrogen) atoms. The Morgan fingerprint density at radius 1 is 0.484 bits per heavy atom. The van der Waals surface area contributed by atoms with Crippen molar-refractivity contribution in [3.8, 4) is 39.1 Å². The Labute approximate surface area is 374 Å². The summed E-state index contributed by atoms with van der Waals surface area (Å²) in [5.74, 6) is 0. The van der Waals surface area contributed by atoms with Crippen molar-refractivity contribution in [3.63, 3.8) is 0 Å². The Kier molecular flexibility index (Phi) is 8.81. The fourth-order valence-corrected chi connectivity index (χ4v) is 10.9. The topological polar surface area (TPSA) is 8.17 Å². The van der Waals surface area contributed by atoms with Crippen LogP contribution in [0.25, 0.3) is 66.4 Å². The van der Waals surface area contributed by atoms with Crippen LogP contribution in [0.4, 0.5) is 17.1 Å². The molecule has 2 aliphatic rings. The van der Waals surface area contributed by atoms with Crippen LogP contribution < -0.4 is 4.90 Å². The number of rotatable bonds is 8. The molecule has 302 valence electrons. The Balaban J connectivity index is 1.19. The lowest BCUT2D eigenvalue weighted by Crippen LogP contribution is -2.26. The van der Waals surface area contributed by atoms with Gasteiger partial charge in [-0.2, -0.15) is 0 Å². The molecule has 9 aromatic carbocycles. The van der Waals surface area contributed by atoms with Gasteiger partial charge in [0.1, 0.15) is 0 Å². The van der Waals surface area contributed by atoms with E-state index in [1.165, 1.54) is 60.8 Å². The summed E-state index contributed by atoms with van der Waals surface area (Å²) in [5.41, 5.74) is 21.2. The van der Waals surface area contributed by atoms with E-state index in [4.69, 9.17) is 0 Å². The number of para-hydroxylation sites is 2. The lowest BCUT2D eigenvalue weighted by atomic mass is 9.70. The average Bonchev–Trinajstić information content (AvgIpc) is 3.96. The van der Waals surface area contributed by atoms with E-state index in [0.29, 0.717) is 0 Å². The van der Waals surface area contributed by atoms with E-state index in [9.17, 15) is 0 Å². The number of nitrogens with zero attached hydrogens (tertiary/aromatic N) is 2. The van der Waals surface area contributed by atoms with Crippen molar-refractivity contribution in [2.45, 2.75) is 12.3 Å². The number of hydrogen-bond donors (Lipinski definition) is 0. The van der Waals surface area contributed by atoms with Crippen LogP contribution in [0.3, 0.4) is 0 Å². The maximum Gasteiger partial charge on any atom is 0.0726 e. The van der Waals surface area contributed by atoms with E-state index >= 15 is 0 Å². The van der Waals surface area contributed by atoms with Gasteiger partial charge in [0.15, 0.2) is 0 Å². The highest BCUT2D eigenvalue weighted by atomic mass is 15.1. The zero-order chi connectivity index (χ0) is 42.8. The van der Waals surface area contributed by atoms with Gasteiger partial charge in [0.05, 0.1) is 22.1 Å². The van der Waals surface area contributed by atoms with Gasteiger partial charge in [0, 0.05) is 33.4 Å². The molecule has 0 bridgehead atoms. The van der Waals surface area contributed by atoms with Gasteiger partial charge < -0.3 is 9.47 Å². The van der Waals surface area contributed by atoms with E-state index in [-0.39, 0.29) is 0 Å². The third-order valence-electron chi connectivity index (χ3n) is 13.5. The first kappa shape index (κ1) is 37.6. The highest BCUT2D eigenvalue weighted by Gasteiger charge is 2.51. The fourth-order valence-electron chi connectivity index (χ4n) is 10.9. The molecule has 0 atom stereocenters. The van der Waals surface area contributed by atoms with Gasteiger partial charge >= 0.3 is 0 Å². The minimum absolute atomic E-state index is 0.486. The summed E-state index contributed by atoms with van der Waals surface area (Å²) in [6.45, 7) is 6.17. The molecule has 1 spiro atoms. The standard InChI is InChI=1S/C62H44N2/c1-3-19-42(20-4-2)44-33-36-48(43-21-7-5-8-22-43)60(39-44)63(47-35-38-54-53-28-14-18-32-59(53)64(61(54)41-47)45-23-9-6-10-24-45)46-34-37-52-51-27-13-17-31-57(51)62(58(52)40-46)55-29-15-11-25-49(55)50-26-12-16-30-56(50)62/h3-41H,1H2,2H3/b20-4-,42-19+. The molecule has 1 aromatic heterocycles. The van der Waals surface area contributed by atoms with Crippen molar-refractivity contribution in [2.75, 3.05) is 4.90 Å². The van der Waals surface area contributed by atoms with Crippen molar-refractivity contribution in [1.82, 2.24) is 4.57 Å².